The maximum Gasteiger partial charge on any atom is 0.323 e. The summed E-state index contributed by atoms with van der Waals surface area (Å²) in [6, 6.07) is 24.0. The van der Waals surface area contributed by atoms with Gasteiger partial charge in [0, 0.05) is 30.6 Å². The highest BCUT2D eigenvalue weighted by molar-refractivity contribution is 6.08. The molecule has 5 rings (SSSR count). The fourth-order valence-electron chi connectivity index (χ4n) is 5.42. The van der Waals surface area contributed by atoms with Crippen molar-refractivity contribution >= 4 is 45.8 Å². The molecule has 3 atom stereocenters. The maximum atomic E-state index is 13.8. The molecule has 1 aliphatic rings. The molecule has 0 saturated heterocycles. The van der Waals surface area contributed by atoms with Gasteiger partial charge in [0.05, 0.1) is 43.2 Å². The predicted octanol–water partition coefficient (Wildman–Crippen LogP) is 5.88. The SMILES string of the molecule is COc1ccc(NC(=O)N(C)C[C@H]2Oc3c(NC(=O)Nc4cccc5ccccc45)cccc3C(=O)N([C@@H](C)CO)C[C@@H]2C)cc1. The molecule has 0 fully saturated rings. The van der Waals surface area contributed by atoms with Crippen molar-refractivity contribution in [1.29, 1.82) is 0 Å². The van der Waals surface area contributed by atoms with Gasteiger partial charge in [0.25, 0.3) is 5.91 Å². The number of nitrogens with zero attached hydrogens (tertiary/aromatic N) is 2. The largest absolute Gasteiger partial charge is 0.497 e. The lowest BCUT2D eigenvalue weighted by Crippen LogP contribution is -2.50. The highest BCUT2D eigenvalue weighted by atomic mass is 16.5. The molecule has 11 heteroatoms. The normalized spacial score (nSPS) is 16.7. The molecule has 0 saturated carbocycles. The number of aliphatic hydroxyl groups is 1. The zero-order chi connectivity index (χ0) is 32.8. The van der Waals surface area contributed by atoms with Crippen molar-refractivity contribution in [3.8, 4) is 11.5 Å². The number of nitrogens with one attached hydrogen (secondary N) is 3. The van der Waals surface area contributed by atoms with Crippen LogP contribution in [0.3, 0.4) is 0 Å². The fourth-order valence-corrected chi connectivity index (χ4v) is 5.42. The van der Waals surface area contributed by atoms with Gasteiger partial charge >= 0.3 is 12.1 Å². The van der Waals surface area contributed by atoms with E-state index >= 15 is 0 Å². The van der Waals surface area contributed by atoms with Gasteiger partial charge in [-0.2, -0.15) is 0 Å². The second-order valence-electron chi connectivity index (χ2n) is 11.4. The lowest BCUT2D eigenvalue weighted by molar-refractivity contribution is 0.0373. The van der Waals surface area contributed by atoms with Crippen molar-refractivity contribution in [3.63, 3.8) is 0 Å². The van der Waals surface area contributed by atoms with E-state index < -0.39 is 18.2 Å². The molecule has 46 heavy (non-hydrogen) atoms. The molecule has 4 N–H and O–H groups in total. The van der Waals surface area contributed by atoms with Crippen molar-refractivity contribution in [1.82, 2.24) is 9.80 Å². The molecule has 0 aromatic heterocycles. The number of benzene rings is 4. The van der Waals surface area contributed by atoms with E-state index in [0.29, 0.717) is 22.8 Å². The van der Waals surface area contributed by atoms with E-state index in [9.17, 15) is 19.5 Å². The standard InChI is InChI=1S/C35H39N5O6/c1-22-19-40(23(2)21-41)33(42)28-12-8-14-30(38-34(43)37-29-13-7-10-24-9-5-6-11-27(24)29)32(28)46-31(22)20-39(3)35(44)36-25-15-17-26(45-4)18-16-25/h5-18,22-23,31,41H,19-21H2,1-4H3,(H,36,44)(H2,37,38,43)/t22-,23-,31+/m0/s1. The molecule has 5 amide bonds. The highest BCUT2D eigenvalue weighted by Gasteiger charge is 2.35. The van der Waals surface area contributed by atoms with E-state index in [-0.39, 0.29) is 48.9 Å². The number of carbonyl (C=O) groups excluding carboxylic acids is 3. The number of rotatable bonds is 8. The Labute approximate surface area is 268 Å². The van der Waals surface area contributed by atoms with Crippen LogP contribution < -0.4 is 25.4 Å². The molecule has 4 aromatic rings. The molecule has 240 valence electrons. The molecule has 0 spiro atoms. The van der Waals surface area contributed by atoms with Crippen molar-refractivity contribution in [2.24, 2.45) is 5.92 Å². The van der Waals surface area contributed by atoms with E-state index in [1.807, 2.05) is 49.4 Å². The smallest absolute Gasteiger partial charge is 0.323 e. The van der Waals surface area contributed by atoms with Crippen LogP contribution >= 0.6 is 0 Å². The Morgan fingerprint density at radius 1 is 0.978 bits per heavy atom. The molecular formula is C35H39N5O6. The van der Waals surface area contributed by atoms with Gasteiger partial charge in [-0.15, -0.1) is 0 Å². The number of ether oxygens (including phenoxy) is 2. The average Bonchev–Trinajstić information content (AvgIpc) is 3.06. The number of hydrogen-bond acceptors (Lipinski definition) is 6. The summed E-state index contributed by atoms with van der Waals surface area (Å²) in [4.78, 5) is 43.4. The number of methoxy groups -OCH3 is 1. The number of likely N-dealkylation sites (N-methyl/N-ethyl adjacent to an activating group) is 1. The van der Waals surface area contributed by atoms with Gasteiger partial charge in [-0.3, -0.25) is 4.79 Å². The first-order valence-electron chi connectivity index (χ1n) is 15.1. The quantitative estimate of drug-likeness (QED) is 0.194. The van der Waals surface area contributed by atoms with Gasteiger partial charge in [0.2, 0.25) is 0 Å². The number of fused-ring (bicyclic) bond motifs is 2. The van der Waals surface area contributed by atoms with E-state index in [2.05, 4.69) is 16.0 Å². The van der Waals surface area contributed by atoms with Crippen LogP contribution in [0.4, 0.5) is 26.7 Å². The highest BCUT2D eigenvalue weighted by Crippen LogP contribution is 2.35. The van der Waals surface area contributed by atoms with Gasteiger partial charge in [-0.25, -0.2) is 9.59 Å². The first-order valence-corrected chi connectivity index (χ1v) is 15.1. The number of anilines is 3. The first-order chi connectivity index (χ1) is 22.2. The minimum Gasteiger partial charge on any atom is -0.497 e. The van der Waals surface area contributed by atoms with Gasteiger partial charge in [-0.1, -0.05) is 49.4 Å². The van der Waals surface area contributed by atoms with Crippen LogP contribution in [0, 0.1) is 5.92 Å². The summed E-state index contributed by atoms with van der Waals surface area (Å²) in [5.74, 6) is 0.287. The molecule has 1 aliphatic heterocycles. The summed E-state index contributed by atoms with van der Waals surface area (Å²) in [7, 11) is 3.24. The Morgan fingerprint density at radius 3 is 2.39 bits per heavy atom. The molecule has 4 aromatic carbocycles. The summed E-state index contributed by atoms with van der Waals surface area (Å²) < 4.78 is 11.7. The number of hydrogen-bond donors (Lipinski definition) is 4. The average molecular weight is 626 g/mol. The summed E-state index contributed by atoms with van der Waals surface area (Å²) in [5.41, 5.74) is 1.77. The monoisotopic (exact) mass is 625 g/mol. The van der Waals surface area contributed by atoms with Gasteiger partial charge in [0.15, 0.2) is 5.75 Å². The van der Waals surface area contributed by atoms with Gasteiger partial charge in [0.1, 0.15) is 11.9 Å². The maximum absolute atomic E-state index is 13.8. The first kappa shape index (κ1) is 32.1. The molecule has 0 bridgehead atoms. The van der Waals surface area contributed by atoms with Crippen LogP contribution in [0.1, 0.15) is 24.2 Å². The Morgan fingerprint density at radius 2 is 1.65 bits per heavy atom. The van der Waals surface area contributed by atoms with E-state index in [4.69, 9.17) is 9.47 Å². The van der Waals surface area contributed by atoms with Crippen molar-refractivity contribution < 1.29 is 29.0 Å². The minimum atomic E-state index is -0.573. The second-order valence-corrected chi connectivity index (χ2v) is 11.4. The molecular weight excluding hydrogens is 586 g/mol. The third-order valence-electron chi connectivity index (χ3n) is 8.12. The lowest BCUT2D eigenvalue weighted by atomic mass is 9.99. The van der Waals surface area contributed by atoms with Crippen LogP contribution in [-0.2, 0) is 0 Å². The van der Waals surface area contributed by atoms with E-state index in [0.717, 1.165) is 10.8 Å². The minimum absolute atomic E-state index is 0.175. The van der Waals surface area contributed by atoms with Gasteiger partial charge in [-0.05, 0) is 54.8 Å². The predicted molar refractivity (Wildman–Crippen MR) is 179 cm³/mol. The van der Waals surface area contributed by atoms with Crippen molar-refractivity contribution in [3.05, 3.63) is 90.5 Å². The van der Waals surface area contributed by atoms with Crippen molar-refractivity contribution in [2.45, 2.75) is 26.0 Å². The van der Waals surface area contributed by atoms with E-state index in [1.165, 1.54) is 4.90 Å². The molecule has 0 radical (unpaired) electrons. The van der Waals surface area contributed by atoms with Crippen LogP contribution in [0.5, 0.6) is 11.5 Å². The Balaban J connectivity index is 1.41. The fraction of sp³-hybridized carbons (Fsp3) is 0.286. The Kier molecular flexibility index (Phi) is 9.92. The molecule has 0 unspecified atom stereocenters. The molecule has 0 aliphatic carbocycles. The number of para-hydroxylation sites is 1. The second kappa shape index (κ2) is 14.2. The Hall–Kier alpha value is -5.29. The number of amides is 5. The topological polar surface area (TPSA) is 132 Å². The summed E-state index contributed by atoms with van der Waals surface area (Å²) in [6.07, 6.45) is -0.573. The lowest BCUT2D eigenvalue weighted by Gasteiger charge is -2.38. The molecule has 1 heterocycles. The summed E-state index contributed by atoms with van der Waals surface area (Å²) in [5, 5.41) is 20.5. The summed E-state index contributed by atoms with van der Waals surface area (Å²) in [6.45, 7) is 3.94. The number of aliphatic hydroxyl groups excluding tert-OH is 1. The zero-order valence-corrected chi connectivity index (χ0v) is 26.3. The van der Waals surface area contributed by atoms with Crippen LogP contribution in [0.15, 0.2) is 84.9 Å². The van der Waals surface area contributed by atoms with Gasteiger partial charge < -0.3 is 40.3 Å². The third kappa shape index (κ3) is 7.16. The van der Waals surface area contributed by atoms with E-state index in [1.54, 1.807) is 68.4 Å². The number of urea groups is 2. The zero-order valence-electron chi connectivity index (χ0n) is 26.3. The van der Waals surface area contributed by atoms with Crippen LogP contribution in [-0.4, -0.2) is 78.9 Å². The van der Waals surface area contributed by atoms with Crippen LogP contribution in [0.25, 0.3) is 10.8 Å². The number of carbonyl (C=O) groups is 3. The van der Waals surface area contributed by atoms with Crippen molar-refractivity contribution in [2.75, 3.05) is 49.8 Å². The Bertz CT molecular complexity index is 1710. The molecule has 11 nitrogen and oxygen atoms in total. The van der Waals surface area contributed by atoms with Crippen LogP contribution in [0.2, 0.25) is 0 Å². The third-order valence-corrected chi connectivity index (χ3v) is 8.12. The summed E-state index contributed by atoms with van der Waals surface area (Å²) >= 11 is 0.